The third kappa shape index (κ3) is 4.57. The Kier molecular flexibility index (Phi) is 5.92. The van der Waals surface area contributed by atoms with Gasteiger partial charge in [-0.3, -0.25) is 0 Å². The summed E-state index contributed by atoms with van der Waals surface area (Å²) in [6.45, 7) is 2.16. The standard InChI is InChI=1S/C11H17NO5S2/c1-8(7-13)3-2-5-12-19(16,17)9-4-6-18-10(9)11(14)15/h4,6,8,12-13H,2-3,5,7H2,1H3,(H,14,15). The zero-order chi connectivity index (χ0) is 14.5. The summed E-state index contributed by atoms with van der Waals surface area (Å²) in [7, 11) is -3.78. The molecule has 6 nitrogen and oxygen atoms in total. The predicted molar refractivity (Wildman–Crippen MR) is 72.0 cm³/mol. The molecule has 0 saturated heterocycles. The lowest BCUT2D eigenvalue weighted by Gasteiger charge is -2.09. The van der Waals surface area contributed by atoms with Crippen LogP contribution in [0.1, 0.15) is 29.4 Å². The molecule has 0 spiro atoms. The minimum atomic E-state index is -3.78. The molecule has 1 unspecified atom stereocenters. The Morgan fingerprint density at radius 2 is 2.21 bits per heavy atom. The van der Waals surface area contributed by atoms with Gasteiger partial charge in [-0.15, -0.1) is 11.3 Å². The van der Waals surface area contributed by atoms with Crippen molar-refractivity contribution in [3.63, 3.8) is 0 Å². The number of rotatable bonds is 8. The van der Waals surface area contributed by atoms with Crippen molar-refractivity contribution in [2.24, 2.45) is 5.92 Å². The average molecular weight is 307 g/mol. The number of aromatic carboxylic acids is 1. The SMILES string of the molecule is CC(CO)CCCNS(=O)(=O)c1ccsc1C(=O)O. The molecule has 1 aromatic rings. The molecular formula is C11H17NO5S2. The highest BCUT2D eigenvalue weighted by atomic mass is 32.2. The molecule has 0 amide bonds. The molecule has 0 radical (unpaired) electrons. The normalized spacial score (nSPS) is 13.4. The number of aliphatic hydroxyl groups is 1. The van der Waals surface area contributed by atoms with Gasteiger partial charge in [0.15, 0.2) is 0 Å². The van der Waals surface area contributed by atoms with Crippen molar-refractivity contribution in [2.45, 2.75) is 24.7 Å². The predicted octanol–water partition coefficient (Wildman–Crippen LogP) is 1.13. The summed E-state index contributed by atoms with van der Waals surface area (Å²) in [6.07, 6.45) is 1.29. The average Bonchev–Trinajstić information content (AvgIpc) is 2.84. The summed E-state index contributed by atoms with van der Waals surface area (Å²) in [4.78, 5) is 10.5. The fraction of sp³-hybridized carbons (Fsp3) is 0.545. The molecule has 1 atom stereocenters. The van der Waals surface area contributed by atoms with Crippen molar-refractivity contribution in [3.05, 3.63) is 16.3 Å². The molecule has 0 aromatic carbocycles. The molecule has 0 bridgehead atoms. The molecule has 0 fully saturated rings. The van der Waals surface area contributed by atoms with Crippen molar-refractivity contribution in [1.29, 1.82) is 0 Å². The van der Waals surface area contributed by atoms with Crippen LogP contribution in [0.25, 0.3) is 0 Å². The van der Waals surface area contributed by atoms with E-state index in [1.54, 1.807) is 0 Å². The largest absolute Gasteiger partial charge is 0.477 e. The van der Waals surface area contributed by atoms with Crippen LogP contribution in [0, 0.1) is 5.92 Å². The topological polar surface area (TPSA) is 104 Å². The molecule has 3 N–H and O–H groups in total. The quantitative estimate of drug-likeness (QED) is 0.625. The molecule has 1 rings (SSSR count). The Hall–Kier alpha value is -0.960. The van der Waals surface area contributed by atoms with Gasteiger partial charge >= 0.3 is 5.97 Å². The third-order valence-corrected chi connectivity index (χ3v) is 5.13. The highest BCUT2D eigenvalue weighted by Crippen LogP contribution is 2.21. The van der Waals surface area contributed by atoms with E-state index in [-0.39, 0.29) is 28.8 Å². The van der Waals surface area contributed by atoms with Crippen LogP contribution in [0.4, 0.5) is 0 Å². The first-order chi connectivity index (χ1) is 8.88. The maximum absolute atomic E-state index is 11.9. The van der Waals surface area contributed by atoms with Crippen LogP contribution in [-0.2, 0) is 10.0 Å². The Labute approximate surface area is 116 Å². The van der Waals surface area contributed by atoms with Gasteiger partial charge in [0.05, 0.1) is 0 Å². The van der Waals surface area contributed by atoms with Crippen molar-refractivity contribution in [2.75, 3.05) is 13.2 Å². The number of thiophene rings is 1. The van der Waals surface area contributed by atoms with Crippen LogP contribution < -0.4 is 4.72 Å². The highest BCUT2D eigenvalue weighted by Gasteiger charge is 2.23. The molecular weight excluding hydrogens is 290 g/mol. The maximum atomic E-state index is 11.9. The minimum absolute atomic E-state index is 0.0699. The number of hydrogen-bond acceptors (Lipinski definition) is 5. The van der Waals surface area contributed by atoms with Crippen LogP contribution in [0.3, 0.4) is 0 Å². The van der Waals surface area contributed by atoms with Crippen LogP contribution in [0.5, 0.6) is 0 Å². The molecule has 1 aromatic heterocycles. The number of sulfonamides is 1. The van der Waals surface area contributed by atoms with Gasteiger partial charge in [0.1, 0.15) is 9.77 Å². The number of carboxylic acid groups (broad SMARTS) is 1. The Morgan fingerprint density at radius 3 is 2.79 bits per heavy atom. The van der Waals surface area contributed by atoms with Gasteiger partial charge in [0.25, 0.3) is 0 Å². The Balaban J connectivity index is 2.61. The van der Waals surface area contributed by atoms with Crippen LogP contribution >= 0.6 is 11.3 Å². The molecule has 8 heteroatoms. The van der Waals surface area contributed by atoms with Gasteiger partial charge in [-0.2, -0.15) is 0 Å². The number of nitrogens with one attached hydrogen (secondary N) is 1. The molecule has 0 aliphatic rings. The summed E-state index contributed by atoms with van der Waals surface area (Å²) in [5.74, 6) is -1.12. The van der Waals surface area contributed by atoms with E-state index in [0.717, 1.165) is 11.3 Å². The lowest BCUT2D eigenvalue weighted by Crippen LogP contribution is -2.26. The molecule has 19 heavy (non-hydrogen) atoms. The summed E-state index contributed by atoms with van der Waals surface area (Å²) in [6, 6.07) is 1.28. The van der Waals surface area contributed by atoms with Crippen LogP contribution in [0.15, 0.2) is 16.3 Å². The van der Waals surface area contributed by atoms with E-state index in [1.807, 2.05) is 6.92 Å². The van der Waals surface area contributed by atoms with Crippen molar-refractivity contribution >= 4 is 27.3 Å². The van der Waals surface area contributed by atoms with E-state index in [2.05, 4.69) is 4.72 Å². The van der Waals surface area contributed by atoms with Crippen LogP contribution in [-0.4, -0.2) is 37.8 Å². The van der Waals surface area contributed by atoms with Gasteiger partial charge in [-0.1, -0.05) is 6.92 Å². The molecule has 108 valence electrons. The second-order valence-electron chi connectivity index (χ2n) is 4.25. The third-order valence-electron chi connectivity index (χ3n) is 2.59. The summed E-state index contributed by atoms with van der Waals surface area (Å²) in [5, 5.41) is 19.2. The Morgan fingerprint density at radius 1 is 1.53 bits per heavy atom. The monoisotopic (exact) mass is 307 g/mol. The van der Waals surface area contributed by atoms with Gasteiger partial charge in [0, 0.05) is 13.2 Å². The van der Waals surface area contributed by atoms with Gasteiger partial charge in [-0.05, 0) is 30.2 Å². The van der Waals surface area contributed by atoms with Crippen molar-refractivity contribution < 1.29 is 23.4 Å². The first-order valence-electron chi connectivity index (χ1n) is 5.79. The van der Waals surface area contributed by atoms with E-state index in [4.69, 9.17) is 10.2 Å². The van der Waals surface area contributed by atoms with Crippen molar-refractivity contribution in [1.82, 2.24) is 4.72 Å². The molecule has 0 aliphatic heterocycles. The van der Waals surface area contributed by atoms with E-state index >= 15 is 0 Å². The number of aliphatic hydroxyl groups excluding tert-OH is 1. The molecule has 0 saturated carbocycles. The second kappa shape index (κ2) is 6.99. The number of carboxylic acids is 1. The first kappa shape index (κ1) is 16.1. The first-order valence-corrected chi connectivity index (χ1v) is 8.16. The smallest absolute Gasteiger partial charge is 0.347 e. The van der Waals surface area contributed by atoms with Crippen LogP contribution in [0.2, 0.25) is 0 Å². The van der Waals surface area contributed by atoms with E-state index < -0.39 is 16.0 Å². The fourth-order valence-corrected chi connectivity index (χ4v) is 3.82. The van der Waals surface area contributed by atoms with E-state index in [9.17, 15) is 13.2 Å². The summed E-state index contributed by atoms with van der Waals surface area (Å²) >= 11 is 0.880. The Bertz CT molecular complexity index is 523. The van der Waals surface area contributed by atoms with Gasteiger partial charge in [-0.25, -0.2) is 17.9 Å². The molecule has 0 aliphatic carbocycles. The zero-order valence-electron chi connectivity index (χ0n) is 10.5. The number of hydrogen-bond donors (Lipinski definition) is 3. The zero-order valence-corrected chi connectivity index (χ0v) is 12.1. The van der Waals surface area contributed by atoms with Gasteiger partial charge < -0.3 is 10.2 Å². The highest BCUT2D eigenvalue weighted by molar-refractivity contribution is 7.89. The second-order valence-corrected chi connectivity index (χ2v) is 6.90. The van der Waals surface area contributed by atoms with Crippen molar-refractivity contribution in [3.8, 4) is 0 Å². The maximum Gasteiger partial charge on any atom is 0.347 e. The van der Waals surface area contributed by atoms with E-state index in [1.165, 1.54) is 11.4 Å². The lowest BCUT2D eigenvalue weighted by atomic mass is 10.1. The number of carbonyl (C=O) groups is 1. The fourth-order valence-electron chi connectivity index (χ4n) is 1.49. The van der Waals surface area contributed by atoms with Gasteiger partial charge in [0.2, 0.25) is 10.0 Å². The minimum Gasteiger partial charge on any atom is -0.477 e. The van der Waals surface area contributed by atoms with E-state index in [0.29, 0.717) is 12.8 Å². The lowest BCUT2D eigenvalue weighted by molar-refractivity contribution is 0.0698. The molecule has 1 heterocycles. The summed E-state index contributed by atoms with van der Waals surface area (Å²) < 4.78 is 26.2. The summed E-state index contributed by atoms with van der Waals surface area (Å²) in [5.41, 5.74) is 0.